The van der Waals surface area contributed by atoms with E-state index in [1.807, 2.05) is 18.4 Å². The maximum atomic E-state index is 13.1. The van der Waals surface area contributed by atoms with Crippen LogP contribution in [0.15, 0.2) is 23.0 Å². The summed E-state index contributed by atoms with van der Waals surface area (Å²) in [5.41, 5.74) is 5.17. The predicted octanol–water partition coefficient (Wildman–Crippen LogP) is 2.18. The maximum Gasteiger partial charge on any atom is 0.259 e. The van der Waals surface area contributed by atoms with Crippen molar-refractivity contribution >= 4 is 11.6 Å². The minimum atomic E-state index is 0.0545. The number of hydrogen-bond donors (Lipinski definition) is 0. The van der Waals surface area contributed by atoms with E-state index in [-0.39, 0.29) is 5.56 Å². The van der Waals surface area contributed by atoms with Gasteiger partial charge in [-0.25, -0.2) is 4.98 Å². The number of ether oxygens (including phenoxy) is 1. The van der Waals surface area contributed by atoms with E-state index in [0.717, 1.165) is 69.0 Å². The lowest BCUT2D eigenvalue weighted by Crippen LogP contribution is -2.50. The molecule has 29 heavy (non-hydrogen) atoms. The van der Waals surface area contributed by atoms with Crippen LogP contribution in [0.1, 0.15) is 22.4 Å². The standard InChI is InChI=1S/C22H31N5O2/c1-16-6-5-7-20(17(16)2)26-14-25(9-8-24-10-12-29-13-11-24)15-27-21(28)18(3)19(4)23-22(26)27/h5-7H,8-15H2,1-4H3. The van der Waals surface area contributed by atoms with Gasteiger partial charge in [-0.3, -0.25) is 24.1 Å². The molecule has 1 saturated heterocycles. The average Bonchev–Trinajstić information content (AvgIpc) is 2.73. The van der Waals surface area contributed by atoms with Crippen molar-refractivity contribution in [1.82, 2.24) is 19.4 Å². The summed E-state index contributed by atoms with van der Waals surface area (Å²) in [6, 6.07) is 6.33. The molecule has 7 nitrogen and oxygen atoms in total. The van der Waals surface area contributed by atoms with E-state index >= 15 is 0 Å². The molecule has 0 unspecified atom stereocenters. The average molecular weight is 398 g/mol. The number of aromatic nitrogens is 2. The zero-order valence-corrected chi connectivity index (χ0v) is 17.9. The van der Waals surface area contributed by atoms with Crippen molar-refractivity contribution in [3.05, 3.63) is 50.9 Å². The number of anilines is 2. The van der Waals surface area contributed by atoms with Crippen LogP contribution in [0.5, 0.6) is 0 Å². The summed E-state index contributed by atoms with van der Waals surface area (Å²) in [7, 11) is 0. The zero-order valence-electron chi connectivity index (χ0n) is 17.9. The van der Waals surface area contributed by atoms with Crippen LogP contribution in [0.2, 0.25) is 0 Å². The zero-order chi connectivity index (χ0) is 20.5. The Balaban J connectivity index is 1.68. The van der Waals surface area contributed by atoms with Crippen LogP contribution in [0.4, 0.5) is 11.6 Å². The van der Waals surface area contributed by atoms with Gasteiger partial charge in [0, 0.05) is 43.1 Å². The van der Waals surface area contributed by atoms with Crippen LogP contribution >= 0.6 is 0 Å². The summed E-state index contributed by atoms with van der Waals surface area (Å²) in [5, 5.41) is 0. The Morgan fingerprint density at radius 1 is 0.966 bits per heavy atom. The van der Waals surface area contributed by atoms with Gasteiger partial charge in [0.05, 0.1) is 26.6 Å². The first-order valence-electron chi connectivity index (χ1n) is 10.4. The molecule has 1 aromatic heterocycles. The molecule has 0 bridgehead atoms. The molecule has 2 aliphatic rings. The van der Waals surface area contributed by atoms with Gasteiger partial charge in [0.1, 0.15) is 0 Å². The molecule has 1 fully saturated rings. The highest BCUT2D eigenvalue weighted by Crippen LogP contribution is 2.31. The minimum Gasteiger partial charge on any atom is -0.379 e. The van der Waals surface area contributed by atoms with E-state index in [2.05, 4.69) is 46.7 Å². The summed E-state index contributed by atoms with van der Waals surface area (Å²) < 4.78 is 7.29. The van der Waals surface area contributed by atoms with Crippen molar-refractivity contribution < 1.29 is 4.74 Å². The number of aryl methyl sites for hydroxylation is 2. The van der Waals surface area contributed by atoms with Crippen molar-refractivity contribution in [1.29, 1.82) is 0 Å². The van der Waals surface area contributed by atoms with E-state index in [1.54, 1.807) is 0 Å². The lowest BCUT2D eigenvalue weighted by atomic mass is 10.1. The summed E-state index contributed by atoms with van der Waals surface area (Å²) in [6.07, 6.45) is 0. The molecule has 3 heterocycles. The summed E-state index contributed by atoms with van der Waals surface area (Å²) in [4.78, 5) is 24.8. The second-order valence-corrected chi connectivity index (χ2v) is 8.13. The topological polar surface area (TPSA) is 53.8 Å². The number of hydrogen-bond acceptors (Lipinski definition) is 6. The van der Waals surface area contributed by atoms with Crippen LogP contribution in [0.25, 0.3) is 0 Å². The van der Waals surface area contributed by atoms with E-state index < -0.39 is 0 Å². The van der Waals surface area contributed by atoms with Gasteiger partial charge in [-0.1, -0.05) is 12.1 Å². The van der Waals surface area contributed by atoms with Gasteiger partial charge in [-0.05, 0) is 44.9 Å². The Morgan fingerprint density at radius 2 is 1.69 bits per heavy atom. The second kappa shape index (κ2) is 8.26. The Labute approximate surface area is 172 Å². The minimum absolute atomic E-state index is 0.0545. The van der Waals surface area contributed by atoms with Gasteiger partial charge in [0.15, 0.2) is 0 Å². The molecule has 0 radical (unpaired) electrons. The van der Waals surface area contributed by atoms with E-state index in [1.165, 1.54) is 11.1 Å². The highest BCUT2D eigenvalue weighted by Gasteiger charge is 2.28. The third-order valence-corrected chi connectivity index (χ3v) is 6.25. The van der Waals surface area contributed by atoms with Crippen LogP contribution in [0, 0.1) is 27.7 Å². The Kier molecular flexibility index (Phi) is 5.72. The fraction of sp³-hybridized carbons (Fsp3) is 0.545. The number of fused-ring (bicyclic) bond motifs is 1. The molecular weight excluding hydrogens is 366 g/mol. The van der Waals surface area contributed by atoms with Crippen LogP contribution in [-0.4, -0.2) is 65.4 Å². The third kappa shape index (κ3) is 3.95. The van der Waals surface area contributed by atoms with Crippen LogP contribution in [-0.2, 0) is 11.4 Å². The van der Waals surface area contributed by atoms with Gasteiger partial charge >= 0.3 is 0 Å². The molecule has 0 aliphatic carbocycles. The number of benzene rings is 1. The van der Waals surface area contributed by atoms with Gasteiger partial charge in [0.25, 0.3) is 5.56 Å². The van der Waals surface area contributed by atoms with Crippen molar-refractivity contribution in [3.8, 4) is 0 Å². The molecule has 0 spiro atoms. The third-order valence-electron chi connectivity index (χ3n) is 6.25. The number of nitrogens with zero attached hydrogens (tertiary/aromatic N) is 5. The van der Waals surface area contributed by atoms with Crippen molar-refractivity contribution in [2.75, 3.05) is 51.0 Å². The van der Waals surface area contributed by atoms with Gasteiger partial charge in [0.2, 0.25) is 5.95 Å². The first-order chi connectivity index (χ1) is 14.0. The highest BCUT2D eigenvalue weighted by atomic mass is 16.5. The van der Waals surface area contributed by atoms with Crippen molar-refractivity contribution in [3.63, 3.8) is 0 Å². The lowest BCUT2D eigenvalue weighted by molar-refractivity contribution is 0.0310. The molecule has 156 valence electrons. The molecule has 0 atom stereocenters. The van der Waals surface area contributed by atoms with Gasteiger partial charge in [-0.15, -0.1) is 0 Å². The summed E-state index contributed by atoms with van der Waals surface area (Å²) >= 11 is 0. The number of rotatable bonds is 4. The molecule has 2 aromatic rings. The summed E-state index contributed by atoms with van der Waals surface area (Å²) in [6.45, 7) is 14.8. The van der Waals surface area contributed by atoms with Gasteiger partial charge in [-0.2, -0.15) is 0 Å². The highest BCUT2D eigenvalue weighted by molar-refractivity contribution is 5.64. The molecule has 4 rings (SSSR count). The van der Waals surface area contributed by atoms with E-state index in [9.17, 15) is 4.79 Å². The Bertz CT molecular complexity index is 949. The fourth-order valence-corrected chi connectivity index (χ4v) is 4.04. The predicted molar refractivity (Wildman–Crippen MR) is 115 cm³/mol. The van der Waals surface area contributed by atoms with Crippen molar-refractivity contribution in [2.24, 2.45) is 0 Å². The molecule has 1 aromatic carbocycles. The lowest BCUT2D eigenvalue weighted by Gasteiger charge is -2.40. The molecule has 0 amide bonds. The molecule has 0 N–H and O–H groups in total. The normalized spacial score (nSPS) is 18.1. The maximum absolute atomic E-state index is 13.1. The monoisotopic (exact) mass is 397 g/mol. The molecule has 2 aliphatic heterocycles. The largest absolute Gasteiger partial charge is 0.379 e. The SMILES string of the molecule is Cc1cccc(N2CN(CCN3CCOCC3)Cn3c2nc(C)c(C)c3=O)c1C. The quantitative estimate of drug-likeness (QED) is 0.788. The van der Waals surface area contributed by atoms with E-state index in [0.29, 0.717) is 6.67 Å². The van der Waals surface area contributed by atoms with Crippen LogP contribution < -0.4 is 10.5 Å². The summed E-state index contributed by atoms with van der Waals surface area (Å²) in [5.74, 6) is 0.745. The van der Waals surface area contributed by atoms with E-state index in [4.69, 9.17) is 9.72 Å². The fourth-order valence-electron chi connectivity index (χ4n) is 4.04. The van der Waals surface area contributed by atoms with Crippen LogP contribution in [0.3, 0.4) is 0 Å². The molecule has 0 saturated carbocycles. The first kappa shape index (κ1) is 20.1. The van der Waals surface area contributed by atoms with Crippen molar-refractivity contribution in [2.45, 2.75) is 34.4 Å². The van der Waals surface area contributed by atoms with Gasteiger partial charge < -0.3 is 4.74 Å². The molecular formula is C22H31N5O2. The Hall–Kier alpha value is -2.22. The Morgan fingerprint density at radius 3 is 2.45 bits per heavy atom. The first-order valence-corrected chi connectivity index (χ1v) is 10.4. The second-order valence-electron chi connectivity index (χ2n) is 8.13. The molecule has 7 heteroatoms. The smallest absolute Gasteiger partial charge is 0.259 e. The number of morpholine rings is 1.